The Morgan fingerprint density at radius 3 is 2.38 bits per heavy atom. The van der Waals surface area contributed by atoms with Crippen molar-refractivity contribution in [1.82, 2.24) is 4.31 Å². The number of nitro benzene ring substituents is 1. The molecule has 2 rings (SSSR count). The van der Waals surface area contributed by atoms with Crippen LogP contribution in [-0.2, 0) is 16.6 Å². The summed E-state index contributed by atoms with van der Waals surface area (Å²) in [5, 5.41) is 20.1. The first-order chi connectivity index (χ1) is 9.82. The topological polar surface area (TPSA) is 104 Å². The summed E-state index contributed by atoms with van der Waals surface area (Å²) in [6.07, 6.45) is 1.18. The van der Waals surface area contributed by atoms with E-state index in [0.717, 1.165) is 5.69 Å². The van der Waals surface area contributed by atoms with Crippen LogP contribution in [0, 0.1) is 10.1 Å². The van der Waals surface area contributed by atoms with Crippen LogP contribution in [0.2, 0.25) is 0 Å². The molecule has 116 valence electrons. The largest absolute Gasteiger partial charge is 0.391 e. The number of nitro groups is 1. The van der Waals surface area contributed by atoms with Gasteiger partial charge in [-0.3, -0.25) is 10.1 Å². The summed E-state index contributed by atoms with van der Waals surface area (Å²) in [5.74, 6) is 0. The molecule has 0 unspecified atom stereocenters. The molecule has 1 aromatic rings. The van der Waals surface area contributed by atoms with E-state index >= 15 is 0 Å². The molecular formula is C12H17N3O5S. The summed E-state index contributed by atoms with van der Waals surface area (Å²) in [4.78, 5) is 12.2. The molecule has 21 heavy (non-hydrogen) atoms. The lowest BCUT2D eigenvalue weighted by molar-refractivity contribution is -0.385. The molecule has 0 aromatic heterocycles. The van der Waals surface area contributed by atoms with Gasteiger partial charge in [0.15, 0.2) is 0 Å². The van der Waals surface area contributed by atoms with Crippen molar-refractivity contribution in [2.24, 2.45) is 0 Å². The average Bonchev–Trinajstić information content (AvgIpc) is 2.45. The third-order valence-corrected chi connectivity index (χ3v) is 4.81. The molecule has 1 N–H and O–H groups in total. The van der Waals surface area contributed by atoms with Gasteiger partial charge in [-0.05, 0) is 12.1 Å². The third-order valence-electron chi connectivity index (χ3n) is 3.50. The van der Waals surface area contributed by atoms with Crippen LogP contribution in [-0.4, -0.2) is 55.2 Å². The predicted molar refractivity (Wildman–Crippen MR) is 77.6 cm³/mol. The molecule has 1 saturated heterocycles. The minimum Gasteiger partial charge on any atom is -0.391 e. The molecule has 1 aliphatic rings. The van der Waals surface area contributed by atoms with Crippen molar-refractivity contribution >= 4 is 21.4 Å². The van der Waals surface area contributed by atoms with Gasteiger partial charge in [0.1, 0.15) is 0 Å². The number of aliphatic hydroxyl groups is 1. The van der Waals surface area contributed by atoms with E-state index in [1.54, 1.807) is 12.1 Å². The fourth-order valence-electron chi connectivity index (χ4n) is 2.35. The number of rotatable bonds is 4. The summed E-state index contributed by atoms with van der Waals surface area (Å²) in [7, 11) is -3.18. The quantitative estimate of drug-likeness (QED) is 0.627. The van der Waals surface area contributed by atoms with E-state index in [4.69, 9.17) is 0 Å². The minimum atomic E-state index is -3.18. The van der Waals surface area contributed by atoms with Gasteiger partial charge in [0.25, 0.3) is 5.69 Å². The van der Waals surface area contributed by atoms with Gasteiger partial charge in [-0.1, -0.05) is 0 Å². The number of sulfonamides is 1. The molecule has 0 aliphatic carbocycles. The van der Waals surface area contributed by atoms with E-state index in [9.17, 15) is 23.6 Å². The fourth-order valence-corrected chi connectivity index (χ4v) is 3.18. The minimum absolute atomic E-state index is 0.115. The van der Waals surface area contributed by atoms with E-state index in [-0.39, 0.29) is 11.3 Å². The third kappa shape index (κ3) is 3.49. The highest BCUT2D eigenvalue weighted by Gasteiger charge is 2.24. The van der Waals surface area contributed by atoms with Crippen LogP contribution in [0.5, 0.6) is 0 Å². The summed E-state index contributed by atoms with van der Waals surface area (Å²) < 4.78 is 24.3. The molecule has 1 aliphatic heterocycles. The van der Waals surface area contributed by atoms with Crippen LogP contribution in [0.15, 0.2) is 18.2 Å². The molecule has 0 radical (unpaired) electrons. The molecule has 0 saturated carbocycles. The smallest absolute Gasteiger partial charge is 0.275 e. The summed E-state index contributed by atoms with van der Waals surface area (Å²) in [5.41, 5.74) is 0.886. The highest BCUT2D eigenvalue weighted by molar-refractivity contribution is 7.88. The Hall–Kier alpha value is -1.71. The van der Waals surface area contributed by atoms with E-state index in [1.807, 2.05) is 4.90 Å². The van der Waals surface area contributed by atoms with Crippen molar-refractivity contribution in [3.8, 4) is 0 Å². The summed E-state index contributed by atoms with van der Waals surface area (Å²) in [6, 6.07) is 4.56. The van der Waals surface area contributed by atoms with Gasteiger partial charge in [0.05, 0.1) is 23.3 Å². The normalized spacial score (nSPS) is 17.0. The lowest BCUT2D eigenvalue weighted by Crippen LogP contribution is -2.48. The Balaban J connectivity index is 2.16. The van der Waals surface area contributed by atoms with Gasteiger partial charge >= 0.3 is 0 Å². The SMILES string of the molecule is CS(=O)(=O)N1CCN(c2ccc([N+](=O)[O-])c(CO)c2)CC1. The summed E-state index contributed by atoms with van der Waals surface area (Å²) >= 11 is 0. The number of aliphatic hydroxyl groups excluding tert-OH is 1. The molecular weight excluding hydrogens is 298 g/mol. The van der Waals surface area contributed by atoms with E-state index in [2.05, 4.69) is 0 Å². The maximum absolute atomic E-state index is 11.4. The van der Waals surface area contributed by atoms with E-state index in [1.165, 1.54) is 16.6 Å². The molecule has 0 bridgehead atoms. The molecule has 1 heterocycles. The molecule has 9 heteroatoms. The molecule has 0 amide bonds. The van der Waals surface area contributed by atoms with Crippen molar-refractivity contribution in [1.29, 1.82) is 0 Å². The zero-order chi connectivity index (χ0) is 15.6. The zero-order valence-corrected chi connectivity index (χ0v) is 12.4. The van der Waals surface area contributed by atoms with Gasteiger partial charge in [-0.25, -0.2) is 8.42 Å². The monoisotopic (exact) mass is 315 g/mol. The van der Waals surface area contributed by atoms with Crippen molar-refractivity contribution in [3.63, 3.8) is 0 Å². The Labute approximate surface area is 122 Å². The number of nitrogens with zero attached hydrogens (tertiary/aromatic N) is 3. The Kier molecular flexibility index (Phi) is 4.45. The molecule has 0 atom stereocenters. The highest BCUT2D eigenvalue weighted by Crippen LogP contribution is 2.26. The molecule has 0 spiro atoms. The van der Waals surface area contributed by atoms with E-state index < -0.39 is 21.6 Å². The Morgan fingerprint density at radius 1 is 1.29 bits per heavy atom. The van der Waals surface area contributed by atoms with Crippen LogP contribution in [0.1, 0.15) is 5.56 Å². The Morgan fingerprint density at radius 2 is 1.90 bits per heavy atom. The predicted octanol–water partition coefficient (Wildman–Crippen LogP) is 0.169. The number of anilines is 1. The van der Waals surface area contributed by atoms with Gasteiger partial charge in [0, 0.05) is 37.9 Å². The highest BCUT2D eigenvalue weighted by atomic mass is 32.2. The van der Waals surface area contributed by atoms with Crippen molar-refractivity contribution in [2.75, 3.05) is 37.3 Å². The average molecular weight is 315 g/mol. The number of hydrogen-bond donors (Lipinski definition) is 1. The maximum Gasteiger partial charge on any atom is 0.275 e. The molecule has 8 nitrogen and oxygen atoms in total. The second-order valence-corrected chi connectivity index (χ2v) is 6.86. The van der Waals surface area contributed by atoms with Crippen molar-refractivity contribution in [2.45, 2.75) is 6.61 Å². The van der Waals surface area contributed by atoms with Gasteiger partial charge in [0.2, 0.25) is 10.0 Å². The van der Waals surface area contributed by atoms with Crippen molar-refractivity contribution < 1.29 is 18.4 Å². The Bertz CT molecular complexity index is 638. The van der Waals surface area contributed by atoms with Gasteiger partial charge in [-0.2, -0.15) is 4.31 Å². The first-order valence-electron chi connectivity index (χ1n) is 6.41. The van der Waals surface area contributed by atoms with Crippen LogP contribution in [0.4, 0.5) is 11.4 Å². The van der Waals surface area contributed by atoms with Crippen LogP contribution in [0.3, 0.4) is 0 Å². The first-order valence-corrected chi connectivity index (χ1v) is 8.26. The number of hydrogen-bond acceptors (Lipinski definition) is 6. The second kappa shape index (κ2) is 5.96. The lowest BCUT2D eigenvalue weighted by Gasteiger charge is -2.34. The number of benzene rings is 1. The standard InChI is InChI=1S/C12H17N3O5S/c1-21(19,20)14-6-4-13(5-7-14)11-2-3-12(15(17)18)10(8-11)9-16/h2-3,8,16H,4-7,9H2,1H3. The van der Waals surface area contributed by atoms with Crippen LogP contribution < -0.4 is 4.90 Å². The van der Waals surface area contributed by atoms with Gasteiger partial charge < -0.3 is 10.0 Å². The summed E-state index contributed by atoms with van der Waals surface area (Å²) in [6.45, 7) is 1.37. The van der Waals surface area contributed by atoms with E-state index in [0.29, 0.717) is 26.2 Å². The van der Waals surface area contributed by atoms with Crippen LogP contribution >= 0.6 is 0 Å². The number of piperazine rings is 1. The van der Waals surface area contributed by atoms with Crippen LogP contribution in [0.25, 0.3) is 0 Å². The molecule has 1 fully saturated rings. The van der Waals surface area contributed by atoms with Gasteiger partial charge in [-0.15, -0.1) is 0 Å². The first kappa shape index (κ1) is 15.7. The second-order valence-electron chi connectivity index (χ2n) is 4.88. The lowest BCUT2D eigenvalue weighted by atomic mass is 10.1. The maximum atomic E-state index is 11.4. The molecule has 1 aromatic carbocycles. The fraction of sp³-hybridized carbons (Fsp3) is 0.500. The van der Waals surface area contributed by atoms with Crippen molar-refractivity contribution in [3.05, 3.63) is 33.9 Å². The zero-order valence-electron chi connectivity index (χ0n) is 11.6.